The summed E-state index contributed by atoms with van der Waals surface area (Å²) < 4.78 is 4.85. The molecule has 0 N–H and O–H groups in total. The molecule has 0 amide bonds. The van der Waals surface area contributed by atoms with E-state index in [1.807, 2.05) is 6.92 Å². The van der Waals surface area contributed by atoms with E-state index in [0.29, 0.717) is 12.5 Å². The maximum absolute atomic E-state index is 10.5. The molecule has 0 aliphatic rings. The van der Waals surface area contributed by atoms with Crippen LogP contribution in [-0.4, -0.2) is 18.0 Å². The third kappa shape index (κ3) is 6.96. The van der Waals surface area contributed by atoms with Gasteiger partial charge in [0.25, 0.3) is 0 Å². The van der Waals surface area contributed by atoms with Gasteiger partial charge in [0.1, 0.15) is 0 Å². The first kappa shape index (κ1) is 13.5. The van der Waals surface area contributed by atoms with Gasteiger partial charge in [-0.15, -0.1) is 11.6 Å². The normalized spacial score (nSPS) is 14.6. The van der Waals surface area contributed by atoms with Crippen molar-refractivity contribution in [3.05, 3.63) is 12.2 Å². The van der Waals surface area contributed by atoms with Crippen molar-refractivity contribution >= 4 is 17.6 Å². The van der Waals surface area contributed by atoms with E-state index in [2.05, 4.69) is 13.5 Å². The van der Waals surface area contributed by atoms with E-state index < -0.39 is 0 Å². The van der Waals surface area contributed by atoms with Crippen molar-refractivity contribution in [1.29, 1.82) is 0 Å². The van der Waals surface area contributed by atoms with Crippen molar-refractivity contribution in [1.82, 2.24) is 0 Å². The smallest absolute Gasteiger partial charge is 0.302 e. The van der Waals surface area contributed by atoms with Crippen molar-refractivity contribution in [2.24, 2.45) is 5.92 Å². The topological polar surface area (TPSA) is 26.3 Å². The third-order valence-electron chi connectivity index (χ3n) is 2.06. The molecule has 14 heavy (non-hydrogen) atoms. The predicted octanol–water partition coefficient (Wildman–Crippen LogP) is 3.15. The van der Waals surface area contributed by atoms with E-state index in [4.69, 9.17) is 16.3 Å². The monoisotopic (exact) mass is 218 g/mol. The number of ether oxygens (including phenoxy) is 1. The molecule has 0 heterocycles. The molecule has 0 aliphatic heterocycles. The SMILES string of the molecule is C=C(C)C(Cl)CC(C)CCOC(C)=O. The summed E-state index contributed by atoms with van der Waals surface area (Å²) in [4.78, 5) is 10.5. The van der Waals surface area contributed by atoms with Crippen LogP contribution < -0.4 is 0 Å². The Labute approximate surface area is 91.3 Å². The van der Waals surface area contributed by atoms with E-state index in [-0.39, 0.29) is 11.3 Å². The summed E-state index contributed by atoms with van der Waals surface area (Å²) in [5.41, 5.74) is 0.992. The van der Waals surface area contributed by atoms with Crippen molar-refractivity contribution in [2.75, 3.05) is 6.61 Å². The molecule has 0 aromatic heterocycles. The number of rotatable bonds is 6. The Kier molecular flexibility index (Phi) is 6.64. The molecular weight excluding hydrogens is 200 g/mol. The Hall–Kier alpha value is -0.500. The van der Waals surface area contributed by atoms with Gasteiger partial charge in [0.15, 0.2) is 0 Å². The Balaban J connectivity index is 3.59. The van der Waals surface area contributed by atoms with Gasteiger partial charge in [0.2, 0.25) is 0 Å². The van der Waals surface area contributed by atoms with E-state index in [1.165, 1.54) is 6.92 Å². The van der Waals surface area contributed by atoms with Gasteiger partial charge < -0.3 is 4.74 Å². The zero-order valence-electron chi connectivity index (χ0n) is 9.18. The van der Waals surface area contributed by atoms with Crippen LogP contribution in [0.5, 0.6) is 0 Å². The highest BCUT2D eigenvalue weighted by molar-refractivity contribution is 6.22. The molecule has 3 heteroatoms. The molecule has 0 rings (SSSR count). The number of carbonyl (C=O) groups is 1. The van der Waals surface area contributed by atoms with Crippen LogP contribution in [0.1, 0.15) is 33.6 Å². The number of esters is 1. The standard InChI is InChI=1S/C11H19ClO2/c1-8(2)11(12)7-9(3)5-6-14-10(4)13/h9,11H,1,5-7H2,2-4H3. The highest BCUT2D eigenvalue weighted by atomic mass is 35.5. The first-order valence-electron chi connectivity index (χ1n) is 4.86. The van der Waals surface area contributed by atoms with E-state index in [1.54, 1.807) is 0 Å². The number of carbonyl (C=O) groups excluding carboxylic acids is 1. The molecule has 0 saturated heterocycles. The van der Waals surface area contributed by atoms with Crippen LogP contribution in [0.3, 0.4) is 0 Å². The van der Waals surface area contributed by atoms with E-state index in [9.17, 15) is 4.79 Å². The lowest BCUT2D eigenvalue weighted by molar-refractivity contribution is -0.141. The van der Waals surface area contributed by atoms with Crippen molar-refractivity contribution in [3.63, 3.8) is 0 Å². The van der Waals surface area contributed by atoms with Crippen LogP contribution in [0.2, 0.25) is 0 Å². The van der Waals surface area contributed by atoms with Crippen molar-refractivity contribution < 1.29 is 9.53 Å². The minimum absolute atomic E-state index is 0.0299. The zero-order chi connectivity index (χ0) is 11.1. The van der Waals surface area contributed by atoms with Crippen LogP contribution in [-0.2, 0) is 9.53 Å². The second-order valence-electron chi connectivity index (χ2n) is 3.78. The molecule has 0 aliphatic carbocycles. The molecule has 0 fully saturated rings. The zero-order valence-corrected chi connectivity index (χ0v) is 9.93. The van der Waals surface area contributed by atoms with Crippen LogP contribution in [0.15, 0.2) is 12.2 Å². The number of allylic oxidation sites excluding steroid dienone is 1. The van der Waals surface area contributed by atoms with Gasteiger partial charge in [0, 0.05) is 6.92 Å². The molecule has 0 radical (unpaired) electrons. The number of alkyl halides is 1. The summed E-state index contributed by atoms with van der Waals surface area (Å²) in [7, 11) is 0. The summed E-state index contributed by atoms with van der Waals surface area (Å²) in [6.45, 7) is 9.73. The van der Waals surface area contributed by atoms with Crippen LogP contribution in [0.25, 0.3) is 0 Å². The summed E-state index contributed by atoms with van der Waals surface area (Å²) in [5.74, 6) is 0.230. The summed E-state index contributed by atoms with van der Waals surface area (Å²) in [6.07, 6.45) is 1.74. The molecular formula is C11H19ClO2. The first-order chi connectivity index (χ1) is 6.43. The number of hydrogen-bond donors (Lipinski definition) is 0. The Morgan fingerprint density at radius 2 is 2.07 bits per heavy atom. The molecule has 0 aromatic carbocycles. The van der Waals surface area contributed by atoms with Gasteiger partial charge in [0.05, 0.1) is 12.0 Å². The second-order valence-corrected chi connectivity index (χ2v) is 4.31. The van der Waals surface area contributed by atoms with Gasteiger partial charge in [-0.25, -0.2) is 0 Å². The average molecular weight is 219 g/mol. The Morgan fingerprint density at radius 1 is 1.50 bits per heavy atom. The van der Waals surface area contributed by atoms with E-state index >= 15 is 0 Å². The highest BCUT2D eigenvalue weighted by Gasteiger charge is 2.11. The molecule has 2 atom stereocenters. The third-order valence-corrected chi connectivity index (χ3v) is 2.61. The van der Waals surface area contributed by atoms with Crippen LogP contribution in [0, 0.1) is 5.92 Å². The first-order valence-corrected chi connectivity index (χ1v) is 5.30. The van der Waals surface area contributed by atoms with Gasteiger partial charge in [-0.1, -0.05) is 19.1 Å². The van der Waals surface area contributed by atoms with Crippen molar-refractivity contribution in [2.45, 2.75) is 39.0 Å². The highest BCUT2D eigenvalue weighted by Crippen LogP contribution is 2.19. The second kappa shape index (κ2) is 6.88. The molecule has 82 valence electrons. The quantitative estimate of drug-likeness (QED) is 0.389. The van der Waals surface area contributed by atoms with E-state index in [0.717, 1.165) is 18.4 Å². The summed E-state index contributed by atoms with van der Waals surface area (Å²) in [6, 6.07) is 0. The largest absolute Gasteiger partial charge is 0.466 e. The van der Waals surface area contributed by atoms with Gasteiger partial charge in [-0.05, 0) is 25.7 Å². The minimum atomic E-state index is -0.223. The molecule has 0 bridgehead atoms. The molecule has 2 nitrogen and oxygen atoms in total. The Bertz CT molecular complexity index is 201. The maximum atomic E-state index is 10.5. The van der Waals surface area contributed by atoms with Crippen LogP contribution in [0.4, 0.5) is 0 Å². The minimum Gasteiger partial charge on any atom is -0.466 e. The molecule has 0 aromatic rings. The predicted molar refractivity (Wildman–Crippen MR) is 59.5 cm³/mol. The Morgan fingerprint density at radius 3 is 2.50 bits per heavy atom. The lowest BCUT2D eigenvalue weighted by Gasteiger charge is -2.15. The molecule has 2 unspecified atom stereocenters. The fourth-order valence-electron chi connectivity index (χ4n) is 1.08. The number of halogens is 1. The number of hydrogen-bond acceptors (Lipinski definition) is 2. The summed E-state index contributed by atoms with van der Waals surface area (Å²) >= 11 is 6.04. The summed E-state index contributed by atoms with van der Waals surface area (Å²) in [5, 5.41) is 0.0299. The molecule has 0 spiro atoms. The fourth-order valence-corrected chi connectivity index (χ4v) is 1.38. The average Bonchev–Trinajstić information content (AvgIpc) is 2.02. The van der Waals surface area contributed by atoms with Gasteiger partial charge in [-0.3, -0.25) is 4.79 Å². The van der Waals surface area contributed by atoms with Gasteiger partial charge in [-0.2, -0.15) is 0 Å². The van der Waals surface area contributed by atoms with Crippen molar-refractivity contribution in [3.8, 4) is 0 Å². The fraction of sp³-hybridized carbons (Fsp3) is 0.727. The van der Waals surface area contributed by atoms with Gasteiger partial charge >= 0.3 is 5.97 Å². The maximum Gasteiger partial charge on any atom is 0.302 e. The lowest BCUT2D eigenvalue weighted by Crippen LogP contribution is -2.10. The lowest BCUT2D eigenvalue weighted by atomic mass is 9.99. The molecule has 0 saturated carbocycles. The van der Waals surface area contributed by atoms with Crippen LogP contribution >= 0.6 is 11.6 Å².